The Morgan fingerprint density at radius 3 is 2.16 bits per heavy atom. The first-order chi connectivity index (χ1) is 10.9. The zero-order valence-corrected chi connectivity index (χ0v) is 18.3. The zero-order valence-electron chi connectivity index (χ0n) is 15.5. The van der Waals surface area contributed by atoms with Gasteiger partial charge in [0.05, 0.1) is 24.9 Å². The minimum atomic E-state index is -3.00. The summed E-state index contributed by atoms with van der Waals surface area (Å²) in [4.78, 5) is 28.5. The summed E-state index contributed by atoms with van der Waals surface area (Å²) in [7, 11) is 1.60. The summed E-state index contributed by atoms with van der Waals surface area (Å²) in [5.41, 5.74) is -0.679. The van der Waals surface area contributed by atoms with Crippen LogP contribution in [0.5, 0.6) is 0 Å². The van der Waals surface area contributed by atoms with Crippen molar-refractivity contribution in [2.45, 2.75) is 70.2 Å². The molecule has 1 aliphatic rings. The second-order valence-corrected chi connectivity index (χ2v) is 7.71. The molecule has 1 saturated heterocycles. The van der Waals surface area contributed by atoms with E-state index in [2.05, 4.69) is 9.50 Å². The maximum absolute atomic E-state index is 12.1. The van der Waals surface area contributed by atoms with Gasteiger partial charge in [-0.3, -0.25) is 8.98 Å². The van der Waals surface area contributed by atoms with Crippen LogP contribution in [0.2, 0.25) is 0 Å². The maximum atomic E-state index is 12.1. The Bertz CT molecular complexity index is 497. The van der Waals surface area contributed by atoms with Gasteiger partial charge in [0, 0.05) is 17.1 Å². The van der Waals surface area contributed by atoms with Crippen LogP contribution < -0.4 is 34.9 Å². The molecule has 0 saturated carbocycles. The largest absolute Gasteiger partial charge is 1.00 e. The summed E-state index contributed by atoms with van der Waals surface area (Å²) in [6.45, 7) is 7.95. The minimum Gasteiger partial charge on any atom is -0.750 e. The van der Waals surface area contributed by atoms with Gasteiger partial charge in [-0.05, 0) is 40.5 Å². The molecule has 1 rings (SSSR count). The number of nitrogens with one attached hydrogen (secondary N) is 1. The van der Waals surface area contributed by atoms with E-state index in [0.717, 1.165) is 0 Å². The molecule has 1 amide bonds. The molecule has 9 nitrogen and oxygen atoms in total. The normalized spacial score (nSPS) is 22.5. The molecule has 1 fully saturated rings. The number of carbonyl (C=O) groups is 2. The number of carbonyl (C=O) groups excluding carboxylic acids is 1. The number of hydrogen-bond acceptors (Lipinski definition) is 7. The van der Waals surface area contributed by atoms with Crippen LogP contribution in [0.15, 0.2) is 0 Å². The summed E-state index contributed by atoms with van der Waals surface area (Å²) >= 11 is -3.00. The minimum absolute atomic E-state index is 0. The van der Waals surface area contributed by atoms with Crippen LogP contribution in [0.25, 0.3) is 0 Å². The monoisotopic (exact) mass is 388 g/mol. The molecule has 2 N–H and O–H groups in total. The van der Waals surface area contributed by atoms with Crippen molar-refractivity contribution in [3.63, 3.8) is 0 Å². The first-order valence-corrected chi connectivity index (χ1v) is 8.52. The van der Waals surface area contributed by atoms with Crippen LogP contribution in [0, 0.1) is 0 Å². The third-order valence-electron chi connectivity index (χ3n) is 3.98. The average Bonchev–Trinajstić information content (AvgIpc) is 2.34. The Morgan fingerprint density at radius 2 is 1.80 bits per heavy atom. The van der Waals surface area contributed by atoms with Crippen molar-refractivity contribution >= 4 is 23.2 Å². The van der Waals surface area contributed by atoms with E-state index in [0.29, 0.717) is 12.8 Å². The number of hydroxylamine groups is 2. The van der Waals surface area contributed by atoms with Gasteiger partial charge in [0.15, 0.2) is 6.10 Å². The Labute approximate surface area is 172 Å². The van der Waals surface area contributed by atoms with Crippen LogP contribution in [0.4, 0.5) is 0 Å². The van der Waals surface area contributed by atoms with Gasteiger partial charge in [-0.2, -0.15) is 5.06 Å². The SMILES string of the molecule is CON1C(C)(C)CC(NC(=O)CC(OS(=O)[O-])C(=O)O)CC1(C)C.[Na+]. The summed E-state index contributed by atoms with van der Waals surface area (Å²) < 4.78 is 25.2. The number of rotatable bonds is 7. The van der Waals surface area contributed by atoms with Crippen molar-refractivity contribution in [1.29, 1.82) is 0 Å². The molecule has 11 heteroatoms. The quantitative estimate of drug-likeness (QED) is 0.357. The molecule has 0 aromatic rings. The third kappa shape index (κ3) is 7.22. The van der Waals surface area contributed by atoms with E-state index < -0.39 is 35.8 Å². The van der Waals surface area contributed by atoms with Crippen LogP contribution in [0.1, 0.15) is 47.0 Å². The summed E-state index contributed by atoms with van der Waals surface area (Å²) in [5, 5.41) is 13.6. The van der Waals surface area contributed by atoms with E-state index in [1.165, 1.54) is 0 Å². The molecule has 2 unspecified atom stereocenters. The van der Waals surface area contributed by atoms with Gasteiger partial charge in [0.1, 0.15) is 0 Å². The van der Waals surface area contributed by atoms with Crippen molar-refractivity contribution in [1.82, 2.24) is 10.4 Å². The van der Waals surface area contributed by atoms with E-state index in [1.807, 2.05) is 32.8 Å². The van der Waals surface area contributed by atoms with Crippen molar-refractivity contribution in [2.24, 2.45) is 0 Å². The van der Waals surface area contributed by atoms with Gasteiger partial charge in [-0.25, -0.2) is 9.00 Å². The van der Waals surface area contributed by atoms with Gasteiger partial charge in [-0.1, -0.05) is 0 Å². The molecule has 25 heavy (non-hydrogen) atoms. The number of piperidine rings is 1. The second kappa shape index (κ2) is 9.75. The smallest absolute Gasteiger partial charge is 0.750 e. The van der Waals surface area contributed by atoms with Crippen molar-refractivity contribution in [3.8, 4) is 0 Å². The fraction of sp³-hybridized carbons (Fsp3) is 0.857. The second-order valence-electron chi connectivity index (χ2n) is 7.11. The maximum Gasteiger partial charge on any atom is 1.00 e. The predicted molar refractivity (Wildman–Crippen MR) is 84.2 cm³/mol. The fourth-order valence-corrected chi connectivity index (χ4v) is 3.91. The molecule has 0 spiro atoms. The van der Waals surface area contributed by atoms with Gasteiger partial charge < -0.3 is 19.8 Å². The average molecular weight is 388 g/mol. The molecule has 0 bridgehead atoms. The Hall–Kier alpha value is -0.0700. The number of hydrogen-bond donors (Lipinski definition) is 2. The van der Waals surface area contributed by atoms with Crippen molar-refractivity contribution in [3.05, 3.63) is 0 Å². The molecular weight excluding hydrogens is 363 g/mol. The van der Waals surface area contributed by atoms with E-state index in [9.17, 15) is 18.4 Å². The third-order valence-corrected chi connectivity index (χ3v) is 4.37. The van der Waals surface area contributed by atoms with Gasteiger partial charge in [0.2, 0.25) is 5.91 Å². The molecule has 0 aromatic heterocycles. The molecular formula is C14H25N2NaO7S. The molecule has 2 atom stereocenters. The zero-order chi connectivity index (χ0) is 18.7. The standard InChI is InChI=1S/C14H26N2O7S.Na/c1-13(2)7-9(8-14(3,4)16(13)22-5)15-11(17)6-10(12(18)19)23-24(20)21;/h9-10H,6-8H2,1-5H3,(H,15,17)(H,18,19)(H,20,21);/q;+1/p-1. The van der Waals surface area contributed by atoms with Crippen molar-refractivity contribution in [2.75, 3.05) is 7.11 Å². The number of nitrogens with zero attached hydrogens (tertiary/aromatic N) is 1. The molecule has 1 heterocycles. The van der Waals surface area contributed by atoms with Crippen LogP contribution >= 0.6 is 0 Å². The number of carboxylic acids is 1. The number of carboxylic acid groups (broad SMARTS) is 1. The summed E-state index contributed by atoms with van der Waals surface area (Å²) in [6.07, 6.45) is -1.11. The number of amides is 1. The van der Waals surface area contributed by atoms with Crippen LogP contribution in [-0.2, 0) is 30.0 Å². The fourth-order valence-electron chi connectivity index (χ4n) is 3.57. The summed E-state index contributed by atoms with van der Waals surface area (Å²) in [6, 6.07) is -0.193. The van der Waals surface area contributed by atoms with Crippen LogP contribution in [0.3, 0.4) is 0 Å². The van der Waals surface area contributed by atoms with E-state index in [1.54, 1.807) is 7.11 Å². The van der Waals surface area contributed by atoms with E-state index in [-0.39, 0.29) is 46.7 Å². The Balaban J connectivity index is 0.00000576. The summed E-state index contributed by atoms with van der Waals surface area (Å²) in [5.74, 6) is -2.08. The predicted octanol–water partition coefficient (Wildman–Crippen LogP) is -2.66. The van der Waals surface area contributed by atoms with Crippen molar-refractivity contribution < 1.29 is 62.0 Å². The Morgan fingerprint density at radius 1 is 1.32 bits per heavy atom. The molecule has 1 aliphatic heterocycles. The van der Waals surface area contributed by atoms with Gasteiger partial charge in [-0.15, -0.1) is 0 Å². The molecule has 140 valence electrons. The van der Waals surface area contributed by atoms with E-state index in [4.69, 9.17) is 9.94 Å². The van der Waals surface area contributed by atoms with E-state index >= 15 is 0 Å². The molecule has 0 aliphatic carbocycles. The molecule has 0 aromatic carbocycles. The Kier molecular flexibility index (Phi) is 9.72. The molecule has 0 radical (unpaired) electrons. The first kappa shape index (κ1) is 24.9. The topological polar surface area (TPSA) is 128 Å². The number of aliphatic carboxylic acids is 1. The van der Waals surface area contributed by atoms with Gasteiger partial charge >= 0.3 is 35.5 Å². The first-order valence-electron chi connectivity index (χ1n) is 7.52. The van der Waals surface area contributed by atoms with Crippen LogP contribution in [-0.4, -0.2) is 61.1 Å². The van der Waals surface area contributed by atoms with Gasteiger partial charge in [0.25, 0.3) is 0 Å².